The van der Waals surface area contributed by atoms with Crippen molar-refractivity contribution in [3.8, 4) is 12.1 Å². The summed E-state index contributed by atoms with van der Waals surface area (Å²) in [5.41, 5.74) is 2.30. The van der Waals surface area contributed by atoms with Gasteiger partial charge in [0.2, 0.25) is 0 Å². The zero-order chi connectivity index (χ0) is 15.1. The van der Waals surface area contributed by atoms with Gasteiger partial charge in [-0.25, -0.2) is 0 Å². The maximum Gasteiger partial charge on any atom is 0.101 e. The Morgan fingerprint density at radius 1 is 1.24 bits per heavy atom. The summed E-state index contributed by atoms with van der Waals surface area (Å²) < 4.78 is 0. The quantitative estimate of drug-likeness (QED) is 0.846. The molecule has 104 valence electrons. The highest BCUT2D eigenvalue weighted by atomic mass is 35.5. The number of anilines is 1. The first-order chi connectivity index (χ1) is 10.2. The molecule has 0 fully saturated rings. The van der Waals surface area contributed by atoms with Crippen molar-refractivity contribution >= 4 is 17.3 Å². The smallest absolute Gasteiger partial charge is 0.101 e. The molecule has 21 heavy (non-hydrogen) atoms. The molecule has 0 spiro atoms. The van der Waals surface area contributed by atoms with Crippen LogP contribution in [0, 0.1) is 22.7 Å². The molecule has 1 aromatic carbocycles. The largest absolute Gasteiger partial charge is 0.365 e. The fourth-order valence-electron chi connectivity index (χ4n) is 2.04. The van der Waals surface area contributed by atoms with Gasteiger partial charge in [-0.15, -0.1) is 0 Å². The first kappa shape index (κ1) is 14.8. The Kier molecular flexibility index (Phi) is 5.15. The minimum atomic E-state index is 0.373. The van der Waals surface area contributed by atoms with Crippen molar-refractivity contribution in [3.05, 3.63) is 58.9 Å². The molecule has 1 aromatic heterocycles. The Hall–Kier alpha value is -2.56. The number of nitriles is 2. The van der Waals surface area contributed by atoms with Gasteiger partial charge in [-0.2, -0.15) is 10.5 Å². The lowest BCUT2D eigenvalue weighted by atomic mass is 10.1. The Bertz CT molecular complexity index is 686. The maximum absolute atomic E-state index is 9.25. The van der Waals surface area contributed by atoms with Crippen molar-refractivity contribution in [3.63, 3.8) is 0 Å². The molecule has 0 bridgehead atoms. The van der Waals surface area contributed by atoms with Gasteiger partial charge in [-0.3, -0.25) is 4.98 Å². The first-order valence-corrected chi connectivity index (χ1v) is 6.83. The summed E-state index contributed by atoms with van der Waals surface area (Å²) in [5, 5.41) is 18.6. The zero-order valence-electron chi connectivity index (χ0n) is 11.3. The molecule has 0 N–H and O–H groups in total. The van der Waals surface area contributed by atoms with Crippen molar-refractivity contribution in [2.75, 3.05) is 11.4 Å². The number of pyridine rings is 1. The van der Waals surface area contributed by atoms with Crippen molar-refractivity contribution < 1.29 is 0 Å². The molecule has 0 atom stereocenters. The van der Waals surface area contributed by atoms with E-state index in [1.165, 1.54) is 0 Å². The molecular weight excluding hydrogens is 284 g/mol. The van der Waals surface area contributed by atoms with Crippen LogP contribution in [0.15, 0.2) is 42.7 Å². The molecule has 0 saturated heterocycles. The molecule has 0 aliphatic rings. The summed E-state index contributed by atoms with van der Waals surface area (Å²) in [6, 6.07) is 13.3. The third-order valence-corrected chi connectivity index (χ3v) is 3.25. The van der Waals surface area contributed by atoms with E-state index in [0.29, 0.717) is 30.1 Å². The van der Waals surface area contributed by atoms with Gasteiger partial charge in [0.15, 0.2) is 0 Å². The van der Waals surface area contributed by atoms with Crippen LogP contribution in [0.2, 0.25) is 5.02 Å². The van der Waals surface area contributed by atoms with Crippen LogP contribution in [0.1, 0.15) is 17.5 Å². The van der Waals surface area contributed by atoms with Gasteiger partial charge in [-0.05, 0) is 29.8 Å². The summed E-state index contributed by atoms with van der Waals surface area (Å²) >= 11 is 6.04. The average molecular weight is 297 g/mol. The summed E-state index contributed by atoms with van der Waals surface area (Å²) in [7, 11) is 0. The van der Waals surface area contributed by atoms with E-state index in [4.69, 9.17) is 16.9 Å². The van der Waals surface area contributed by atoms with E-state index >= 15 is 0 Å². The molecule has 5 heteroatoms. The van der Waals surface area contributed by atoms with Crippen molar-refractivity contribution in [2.24, 2.45) is 0 Å². The molecule has 2 aromatic rings. The molecular formula is C16H13ClN4. The number of nitrogens with zero attached hydrogens (tertiary/aromatic N) is 4. The lowest BCUT2D eigenvalue weighted by molar-refractivity contribution is 0.794. The van der Waals surface area contributed by atoms with E-state index in [9.17, 15) is 5.26 Å². The average Bonchev–Trinajstić information content (AvgIpc) is 2.52. The molecule has 0 aliphatic carbocycles. The van der Waals surface area contributed by atoms with Gasteiger partial charge in [0, 0.05) is 30.5 Å². The zero-order valence-corrected chi connectivity index (χ0v) is 12.1. The van der Waals surface area contributed by atoms with Gasteiger partial charge >= 0.3 is 0 Å². The van der Waals surface area contributed by atoms with Crippen LogP contribution >= 0.6 is 11.6 Å². The van der Waals surface area contributed by atoms with Crippen LogP contribution in [-0.2, 0) is 6.54 Å². The highest BCUT2D eigenvalue weighted by molar-refractivity contribution is 6.30. The van der Waals surface area contributed by atoms with Crippen LogP contribution < -0.4 is 4.90 Å². The third kappa shape index (κ3) is 3.95. The summed E-state index contributed by atoms with van der Waals surface area (Å²) in [6.07, 6.45) is 3.86. The van der Waals surface area contributed by atoms with Crippen LogP contribution in [0.25, 0.3) is 0 Å². The molecule has 2 rings (SSSR count). The number of halogens is 1. The van der Waals surface area contributed by atoms with E-state index in [1.54, 1.807) is 30.6 Å². The second-order valence-corrected chi connectivity index (χ2v) is 4.90. The molecule has 0 aliphatic heterocycles. The second-order valence-electron chi connectivity index (χ2n) is 4.46. The van der Waals surface area contributed by atoms with Crippen LogP contribution in [0.4, 0.5) is 5.69 Å². The number of hydrogen-bond acceptors (Lipinski definition) is 4. The Morgan fingerprint density at radius 3 is 2.76 bits per heavy atom. The molecule has 0 radical (unpaired) electrons. The van der Waals surface area contributed by atoms with Crippen LogP contribution in [0.3, 0.4) is 0 Å². The minimum Gasteiger partial charge on any atom is -0.365 e. The van der Waals surface area contributed by atoms with Gasteiger partial charge in [0.05, 0.1) is 23.7 Å². The molecule has 0 saturated carbocycles. The first-order valence-electron chi connectivity index (χ1n) is 6.45. The SMILES string of the molecule is N#CCCN(Cc1cccnc1)c1cc(Cl)ccc1C#N. The number of benzene rings is 1. The number of rotatable bonds is 5. The van der Waals surface area contributed by atoms with Crippen LogP contribution in [0.5, 0.6) is 0 Å². The standard InChI is InChI=1S/C16H13ClN4/c17-15-5-4-14(10-19)16(9-15)21(8-2-6-18)12-13-3-1-7-20-11-13/h1,3-5,7,9,11H,2,8,12H2. The van der Waals surface area contributed by atoms with E-state index in [2.05, 4.69) is 17.1 Å². The summed E-state index contributed by atoms with van der Waals surface area (Å²) in [5.74, 6) is 0. The Balaban J connectivity index is 2.34. The minimum absolute atomic E-state index is 0.373. The molecule has 0 amide bonds. The number of aromatic nitrogens is 1. The van der Waals surface area contributed by atoms with Gasteiger partial charge in [0.25, 0.3) is 0 Å². The van der Waals surface area contributed by atoms with Gasteiger partial charge < -0.3 is 4.90 Å². The molecule has 4 nitrogen and oxygen atoms in total. The summed E-state index contributed by atoms with van der Waals surface area (Å²) in [6.45, 7) is 1.10. The van der Waals surface area contributed by atoms with Gasteiger partial charge in [-0.1, -0.05) is 17.7 Å². The monoisotopic (exact) mass is 296 g/mol. The molecule has 1 heterocycles. The third-order valence-electron chi connectivity index (χ3n) is 3.01. The fourth-order valence-corrected chi connectivity index (χ4v) is 2.21. The topological polar surface area (TPSA) is 63.7 Å². The lowest BCUT2D eigenvalue weighted by Crippen LogP contribution is -2.24. The second kappa shape index (κ2) is 7.28. The Morgan fingerprint density at radius 2 is 2.10 bits per heavy atom. The van der Waals surface area contributed by atoms with Crippen molar-refractivity contribution in [1.29, 1.82) is 10.5 Å². The van der Waals surface area contributed by atoms with Crippen molar-refractivity contribution in [1.82, 2.24) is 4.98 Å². The normalized spacial score (nSPS) is 9.67. The highest BCUT2D eigenvalue weighted by Gasteiger charge is 2.12. The van der Waals surface area contributed by atoms with Crippen molar-refractivity contribution in [2.45, 2.75) is 13.0 Å². The van der Waals surface area contributed by atoms with E-state index in [0.717, 1.165) is 11.3 Å². The highest BCUT2D eigenvalue weighted by Crippen LogP contribution is 2.26. The maximum atomic E-state index is 9.25. The fraction of sp³-hybridized carbons (Fsp3) is 0.188. The summed E-state index contributed by atoms with van der Waals surface area (Å²) in [4.78, 5) is 6.07. The van der Waals surface area contributed by atoms with E-state index in [-0.39, 0.29) is 0 Å². The van der Waals surface area contributed by atoms with Gasteiger partial charge in [0.1, 0.15) is 6.07 Å². The van der Waals surface area contributed by atoms with Crippen LogP contribution in [-0.4, -0.2) is 11.5 Å². The molecule has 0 unspecified atom stereocenters. The predicted molar refractivity (Wildman–Crippen MR) is 81.7 cm³/mol. The number of hydrogen-bond donors (Lipinski definition) is 0. The Labute approximate surface area is 128 Å². The van der Waals surface area contributed by atoms with E-state index < -0.39 is 0 Å². The lowest BCUT2D eigenvalue weighted by Gasteiger charge is -2.25. The van der Waals surface area contributed by atoms with E-state index in [1.807, 2.05) is 17.0 Å². The predicted octanol–water partition coefficient (Wildman–Crippen LogP) is 3.53.